The van der Waals surface area contributed by atoms with Crippen LogP contribution in [0, 0.1) is 0 Å². The van der Waals surface area contributed by atoms with E-state index in [0.717, 1.165) is 22.7 Å². The molecular weight excluding hydrogens is 281 g/mol. The third kappa shape index (κ3) is 5.41. The van der Waals surface area contributed by atoms with Crippen molar-refractivity contribution in [1.29, 1.82) is 0 Å². The van der Waals surface area contributed by atoms with Crippen LogP contribution in [0.15, 0.2) is 0 Å². The fourth-order valence-electron chi connectivity index (χ4n) is 1.17. The number of alkyl halides is 3. The van der Waals surface area contributed by atoms with Crippen molar-refractivity contribution in [2.24, 2.45) is 0 Å². The number of hydrogen-bond donors (Lipinski definition) is 1. The second-order valence-electron chi connectivity index (χ2n) is 3.93. The van der Waals surface area contributed by atoms with Gasteiger partial charge in [0.15, 0.2) is 0 Å². The monoisotopic (exact) mass is 296 g/mol. The standard InChI is InChI=1S/C10H15F3N4OS/c1-3-5-14-9-16-15-7(19-9)8(18)17(2)6-4-10(11,12)13/h3-6H2,1-2H3,(H,14,16). The third-order valence-electron chi connectivity index (χ3n) is 2.21. The first-order chi connectivity index (χ1) is 8.83. The maximum absolute atomic E-state index is 12.1. The Kier molecular flexibility index (Phi) is 5.52. The first kappa shape index (κ1) is 15.7. The van der Waals surface area contributed by atoms with Crippen molar-refractivity contribution >= 4 is 22.4 Å². The molecule has 1 N–H and O–H groups in total. The molecular formula is C10H15F3N4OS. The van der Waals surface area contributed by atoms with E-state index in [0.29, 0.717) is 11.7 Å². The first-order valence-corrected chi connectivity index (χ1v) is 6.54. The van der Waals surface area contributed by atoms with Gasteiger partial charge in [-0.15, -0.1) is 10.2 Å². The molecule has 0 aliphatic carbocycles. The average Bonchev–Trinajstić information content (AvgIpc) is 2.80. The van der Waals surface area contributed by atoms with Gasteiger partial charge in [0.05, 0.1) is 6.42 Å². The largest absolute Gasteiger partial charge is 0.390 e. The molecule has 19 heavy (non-hydrogen) atoms. The fraction of sp³-hybridized carbons (Fsp3) is 0.700. The molecule has 1 rings (SSSR count). The number of anilines is 1. The Balaban J connectivity index is 2.54. The first-order valence-electron chi connectivity index (χ1n) is 5.73. The van der Waals surface area contributed by atoms with E-state index in [1.165, 1.54) is 7.05 Å². The minimum absolute atomic E-state index is 0.0864. The van der Waals surface area contributed by atoms with Gasteiger partial charge in [-0.25, -0.2) is 0 Å². The van der Waals surface area contributed by atoms with Crippen LogP contribution < -0.4 is 5.32 Å². The number of carbonyl (C=O) groups is 1. The van der Waals surface area contributed by atoms with Crippen LogP contribution in [-0.2, 0) is 0 Å². The van der Waals surface area contributed by atoms with Crippen molar-refractivity contribution in [3.8, 4) is 0 Å². The molecule has 1 aromatic heterocycles. The van der Waals surface area contributed by atoms with E-state index in [1.807, 2.05) is 6.92 Å². The van der Waals surface area contributed by atoms with Gasteiger partial charge in [-0.2, -0.15) is 13.2 Å². The summed E-state index contributed by atoms with van der Waals surface area (Å²) in [6.45, 7) is 2.29. The van der Waals surface area contributed by atoms with Gasteiger partial charge in [0.25, 0.3) is 5.91 Å². The summed E-state index contributed by atoms with van der Waals surface area (Å²) >= 11 is 1.04. The summed E-state index contributed by atoms with van der Waals surface area (Å²) in [5.74, 6) is -0.550. The number of carbonyl (C=O) groups excluding carboxylic acids is 1. The van der Waals surface area contributed by atoms with Crippen molar-refractivity contribution < 1.29 is 18.0 Å². The quantitative estimate of drug-likeness (QED) is 0.875. The zero-order valence-electron chi connectivity index (χ0n) is 10.6. The van der Waals surface area contributed by atoms with Crippen LogP contribution in [-0.4, -0.2) is 47.3 Å². The smallest absolute Gasteiger partial charge is 0.360 e. The molecule has 0 aliphatic heterocycles. The number of aromatic nitrogens is 2. The highest BCUT2D eigenvalue weighted by Crippen LogP contribution is 2.21. The van der Waals surface area contributed by atoms with Crippen molar-refractivity contribution in [2.75, 3.05) is 25.5 Å². The third-order valence-corrected chi connectivity index (χ3v) is 3.08. The van der Waals surface area contributed by atoms with Gasteiger partial charge in [0, 0.05) is 20.1 Å². The lowest BCUT2D eigenvalue weighted by Crippen LogP contribution is -2.30. The molecule has 108 valence electrons. The van der Waals surface area contributed by atoms with Crippen LogP contribution >= 0.6 is 11.3 Å². The number of nitrogens with one attached hydrogen (secondary N) is 1. The average molecular weight is 296 g/mol. The van der Waals surface area contributed by atoms with E-state index in [-0.39, 0.29) is 11.6 Å². The second-order valence-corrected chi connectivity index (χ2v) is 4.91. The van der Waals surface area contributed by atoms with E-state index in [1.54, 1.807) is 0 Å². The number of hydrogen-bond acceptors (Lipinski definition) is 5. The highest BCUT2D eigenvalue weighted by Gasteiger charge is 2.28. The van der Waals surface area contributed by atoms with Crippen molar-refractivity contribution in [3.05, 3.63) is 5.01 Å². The van der Waals surface area contributed by atoms with E-state index in [9.17, 15) is 18.0 Å². The highest BCUT2D eigenvalue weighted by molar-refractivity contribution is 7.17. The Morgan fingerprint density at radius 2 is 2.11 bits per heavy atom. The van der Waals surface area contributed by atoms with Gasteiger partial charge in [0.2, 0.25) is 10.1 Å². The molecule has 0 bridgehead atoms. The summed E-state index contributed by atoms with van der Waals surface area (Å²) in [5, 5.41) is 11.0. The van der Waals surface area contributed by atoms with Gasteiger partial charge in [0.1, 0.15) is 0 Å². The number of rotatable bonds is 6. The van der Waals surface area contributed by atoms with E-state index >= 15 is 0 Å². The van der Waals surface area contributed by atoms with Crippen LogP contribution in [0.2, 0.25) is 0 Å². The van der Waals surface area contributed by atoms with Crippen LogP contribution in [0.1, 0.15) is 29.6 Å². The summed E-state index contributed by atoms with van der Waals surface area (Å²) < 4.78 is 36.2. The zero-order valence-corrected chi connectivity index (χ0v) is 11.4. The molecule has 0 unspecified atom stereocenters. The molecule has 9 heteroatoms. The summed E-state index contributed by atoms with van der Waals surface area (Å²) in [7, 11) is 1.31. The molecule has 0 atom stereocenters. The molecule has 5 nitrogen and oxygen atoms in total. The molecule has 0 saturated heterocycles. The molecule has 1 heterocycles. The second kappa shape index (κ2) is 6.69. The minimum atomic E-state index is -4.27. The van der Waals surface area contributed by atoms with Crippen LogP contribution in [0.3, 0.4) is 0 Å². The minimum Gasteiger partial charge on any atom is -0.360 e. The summed E-state index contributed by atoms with van der Waals surface area (Å²) in [4.78, 5) is 12.8. The molecule has 0 fully saturated rings. The molecule has 1 amide bonds. The van der Waals surface area contributed by atoms with Gasteiger partial charge >= 0.3 is 6.18 Å². The number of halogens is 3. The van der Waals surface area contributed by atoms with Crippen LogP contribution in [0.25, 0.3) is 0 Å². The fourth-order valence-corrected chi connectivity index (χ4v) is 1.94. The van der Waals surface area contributed by atoms with Gasteiger partial charge in [-0.1, -0.05) is 18.3 Å². The normalized spacial score (nSPS) is 11.4. The maximum atomic E-state index is 12.1. The van der Waals surface area contributed by atoms with E-state index in [2.05, 4.69) is 15.5 Å². The lowest BCUT2D eigenvalue weighted by Gasteiger charge is -2.16. The molecule has 1 aromatic rings. The Labute approximate surface area is 112 Å². The van der Waals surface area contributed by atoms with Crippen molar-refractivity contribution in [1.82, 2.24) is 15.1 Å². The van der Waals surface area contributed by atoms with Gasteiger partial charge in [-0.05, 0) is 6.42 Å². The van der Waals surface area contributed by atoms with Crippen LogP contribution in [0.5, 0.6) is 0 Å². The predicted molar refractivity (Wildman–Crippen MR) is 66.3 cm³/mol. The number of nitrogens with zero attached hydrogens (tertiary/aromatic N) is 3. The van der Waals surface area contributed by atoms with Crippen molar-refractivity contribution in [3.63, 3.8) is 0 Å². The van der Waals surface area contributed by atoms with Crippen LogP contribution in [0.4, 0.5) is 18.3 Å². The van der Waals surface area contributed by atoms with E-state index < -0.39 is 18.5 Å². The molecule has 0 saturated carbocycles. The SMILES string of the molecule is CCCNc1nnc(C(=O)N(C)CCC(F)(F)F)s1. The predicted octanol–water partition coefficient (Wildman–Crippen LogP) is 2.38. The zero-order chi connectivity index (χ0) is 14.5. The Hall–Kier alpha value is -1.38. The highest BCUT2D eigenvalue weighted by atomic mass is 32.1. The summed E-state index contributed by atoms with van der Waals surface area (Å²) in [6, 6.07) is 0. The van der Waals surface area contributed by atoms with Crippen molar-refractivity contribution in [2.45, 2.75) is 25.9 Å². The lowest BCUT2D eigenvalue weighted by molar-refractivity contribution is -0.136. The topological polar surface area (TPSA) is 58.1 Å². The Morgan fingerprint density at radius 3 is 2.68 bits per heavy atom. The van der Waals surface area contributed by atoms with Gasteiger partial charge in [-0.3, -0.25) is 4.79 Å². The number of amides is 1. The molecule has 0 aromatic carbocycles. The van der Waals surface area contributed by atoms with Gasteiger partial charge < -0.3 is 10.2 Å². The van der Waals surface area contributed by atoms with E-state index in [4.69, 9.17) is 0 Å². The Morgan fingerprint density at radius 1 is 1.42 bits per heavy atom. The summed E-state index contributed by atoms with van der Waals surface area (Å²) in [6.07, 6.45) is -4.41. The molecule has 0 spiro atoms. The Bertz CT molecular complexity index is 421. The molecule has 0 aliphatic rings. The summed E-state index contributed by atoms with van der Waals surface area (Å²) in [5.41, 5.74) is 0. The lowest BCUT2D eigenvalue weighted by atomic mass is 10.4. The maximum Gasteiger partial charge on any atom is 0.390 e. The molecule has 0 radical (unpaired) electrons.